The van der Waals surface area contributed by atoms with Gasteiger partial charge in [0.1, 0.15) is 11.4 Å². The number of imidazole rings is 2. The molecule has 400 valence electrons. The lowest BCUT2D eigenvalue weighted by molar-refractivity contribution is -0.139. The van der Waals surface area contributed by atoms with E-state index >= 15 is 0 Å². The number of carbonyl (C=O) groups excluding carboxylic acids is 2. The van der Waals surface area contributed by atoms with Gasteiger partial charge in [0.15, 0.2) is 11.3 Å². The lowest BCUT2D eigenvalue weighted by atomic mass is 10.0. The topological polar surface area (TPSA) is 132 Å². The molecule has 4 aromatic heterocycles. The first-order valence-corrected chi connectivity index (χ1v) is 25.0. The molecule has 2 amide bonds. The van der Waals surface area contributed by atoms with E-state index in [1.807, 2.05) is 49.9 Å². The third-order valence-corrected chi connectivity index (χ3v) is 13.5. The van der Waals surface area contributed by atoms with Crippen LogP contribution < -0.4 is 10.6 Å². The fourth-order valence-electron chi connectivity index (χ4n) is 8.90. The first kappa shape index (κ1) is 54.4. The number of benzene rings is 4. The first-order valence-electron chi connectivity index (χ1n) is 25.0. The maximum atomic E-state index is 13.9. The van der Waals surface area contributed by atoms with Gasteiger partial charge in [-0.1, -0.05) is 36.1 Å². The average Bonchev–Trinajstić information content (AvgIpc) is 4.05. The number of aryl methyl sites for hydroxylation is 2. The normalized spacial score (nSPS) is 14.7. The summed E-state index contributed by atoms with van der Waals surface area (Å²) in [4.78, 5) is 42.9. The van der Waals surface area contributed by atoms with Gasteiger partial charge < -0.3 is 20.4 Å². The van der Waals surface area contributed by atoms with E-state index in [0.717, 1.165) is 49.4 Å². The van der Waals surface area contributed by atoms with Crippen LogP contribution in [-0.4, -0.2) is 127 Å². The van der Waals surface area contributed by atoms with Gasteiger partial charge in [-0.25, -0.2) is 19.0 Å². The molecule has 2 fully saturated rings. The quantitative estimate of drug-likeness (QED) is 0.112. The molecule has 2 N–H and O–H groups in total. The second kappa shape index (κ2) is 23.5. The monoisotopic (exact) mass is 1060 g/mol. The van der Waals surface area contributed by atoms with E-state index in [-0.39, 0.29) is 46.7 Å². The van der Waals surface area contributed by atoms with Gasteiger partial charge in [0.2, 0.25) is 0 Å². The zero-order valence-corrected chi connectivity index (χ0v) is 43.2. The van der Waals surface area contributed by atoms with Gasteiger partial charge in [-0.2, -0.15) is 36.5 Å². The first-order chi connectivity index (χ1) is 37.3. The minimum atomic E-state index is -4.54. The van der Waals surface area contributed by atoms with E-state index in [9.17, 15) is 35.9 Å². The summed E-state index contributed by atoms with van der Waals surface area (Å²) in [5, 5.41) is 13.7. The Morgan fingerprint density at radius 3 is 1.31 bits per heavy atom. The smallest absolute Gasteiger partial charge is 0.322 e. The predicted octanol–water partition coefficient (Wildman–Crippen LogP) is 8.91. The molecule has 0 bridgehead atoms. The average molecular weight is 1070 g/mol. The molecule has 0 spiro atoms. The largest absolute Gasteiger partial charge is 0.416 e. The zero-order valence-electron chi connectivity index (χ0n) is 43.2. The summed E-state index contributed by atoms with van der Waals surface area (Å²) in [6.07, 6.45) is -2.57. The van der Waals surface area contributed by atoms with Crippen molar-refractivity contribution in [3.63, 3.8) is 0 Å². The van der Waals surface area contributed by atoms with Gasteiger partial charge in [-0.3, -0.25) is 19.4 Å². The Bertz CT molecular complexity index is 3390. The van der Waals surface area contributed by atoms with E-state index in [0.29, 0.717) is 60.0 Å². The Morgan fingerprint density at radius 1 is 0.526 bits per heavy atom. The summed E-state index contributed by atoms with van der Waals surface area (Å²) in [6.45, 7) is 10.2. The maximum absolute atomic E-state index is 13.9. The van der Waals surface area contributed by atoms with Crippen molar-refractivity contribution >= 4 is 34.5 Å². The molecule has 8 aromatic rings. The van der Waals surface area contributed by atoms with Crippen LogP contribution in [-0.2, 0) is 25.4 Å². The van der Waals surface area contributed by atoms with Gasteiger partial charge in [0, 0.05) is 111 Å². The van der Waals surface area contributed by atoms with E-state index in [2.05, 4.69) is 64.3 Å². The van der Waals surface area contributed by atoms with E-state index < -0.39 is 35.3 Å². The molecule has 2 aliphatic rings. The summed E-state index contributed by atoms with van der Waals surface area (Å²) in [6, 6.07) is 25.2. The van der Waals surface area contributed by atoms with Crippen LogP contribution in [0.4, 0.5) is 37.7 Å². The molecule has 0 unspecified atom stereocenters. The number of likely N-dealkylation sites (N-methyl/N-ethyl adjacent to an activating group) is 2. The molecule has 0 saturated carbocycles. The summed E-state index contributed by atoms with van der Waals surface area (Å²) < 4.78 is 86.8. The molecule has 0 radical (unpaired) electrons. The van der Waals surface area contributed by atoms with Crippen LogP contribution in [0.3, 0.4) is 0 Å². The fourth-order valence-corrected chi connectivity index (χ4v) is 8.90. The predicted molar refractivity (Wildman–Crippen MR) is 285 cm³/mol. The number of anilines is 2. The maximum Gasteiger partial charge on any atom is 0.416 e. The van der Waals surface area contributed by atoms with Gasteiger partial charge in [-0.15, -0.1) is 0 Å². The van der Waals surface area contributed by atoms with Gasteiger partial charge >= 0.3 is 12.4 Å². The van der Waals surface area contributed by atoms with Crippen LogP contribution >= 0.6 is 0 Å². The van der Waals surface area contributed by atoms with E-state index in [4.69, 9.17) is 0 Å². The number of fused-ring (bicyclic) bond motifs is 2. The van der Waals surface area contributed by atoms with Crippen molar-refractivity contribution in [1.29, 1.82) is 0 Å². The van der Waals surface area contributed by atoms with Crippen LogP contribution in [0.1, 0.15) is 76.6 Å². The standard InChI is InChI=1S/2C29H27F3N6O/c2*1-20-5-6-22(16-21(20)8-10-25-18-33-27-4-3-11-34-38(25)27)28(39)35-24-9-7-23(26(17-24)29(30,31)32)19-37-14-12-36(2)13-15-37/h2*3-7,9,11,16-18H,12-15,19H2,1-2H3,(H,35,39). The molecule has 78 heavy (non-hydrogen) atoms. The zero-order chi connectivity index (χ0) is 55.1. The molecule has 4 aromatic carbocycles. The summed E-state index contributed by atoms with van der Waals surface area (Å²) >= 11 is 0. The fraction of sp³-hybridized carbons (Fsp3) is 0.276. The van der Waals surface area contributed by atoms with Crippen molar-refractivity contribution in [2.24, 2.45) is 0 Å². The second-order valence-corrected chi connectivity index (χ2v) is 19.2. The molecule has 0 aliphatic carbocycles. The molecule has 14 nitrogen and oxygen atoms in total. The minimum Gasteiger partial charge on any atom is -0.322 e. The highest BCUT2D eigenvalue weighted by Crippen LogP contribution is 2.36. The van der Waals surface area contributed by atoms with Gasteiger partial charge in [-0.05, 0) is 135 Å². The van der Waals surface area contributed by atoms with Crippen molar-refractivity contribution in [2.75, 3.05) is 77.1 Å². The van der Waals surface area contributed by atoms with Crippen molar-refractivity contribution in [2.45, 2.75) is 39.3 Å². The minimum absolute atomic E-state index is 0.0828. The van der Waals surface area contributed by atoms with E-state index in [1.54, 1.807) is 82.3 Å². The van der Waals surface area contributed by atoms with Crippen molar-refractivity contribution < 1.29 is 35.9 Å². The highest BCUT2D eigenvalue weighted by molar-refractivity contribution is 6.05. The lowest BCUT2D eigenvalue weighted by Gasteiger charge is -2.33. The molecular formula is C58H54F6N12O2. The van der Waals surface area contributed by atoms with Gasteiger partial charge in [0.25, 0.3) is 11.8 Å². The number of hydrogen-bond acceptors (Lipinski definition) is 10. The number of alkyl halides is 6. The third-order valence-electron chi connectivity index (χ3n) is 13.5. The Hall–Kier alpha value is -8.40. The van der Waals surface area contributed by atoms with Crippen LogP contribution in [0, 0.1) is 37.5 Å². The highest BCUT2D eigenvalue weighted by atomic mass is 19.4. The number of amides is 2. The molecule has 10 rings (SSSR count). The number of carbonyl (C=O) groups is 2. The van der Waals surface area contributed by atoms with Crippen molar-refractivity contribution in [3.8, 4) is 23.7 Å². The Balaban J connectivity index is 0.000000190. The molecular weight excluding hydrogens is 1010 g/mol. The van der Waals surface area contributed by atoms with Crippen LogP contribution in [0.2, 0.25) is 0 Å². The number of hydrogen-bond donors (Lipinski definition) is 2. The van der Waals surface area contributed by atoms with Crippen molar-refractivity contribution in [1.82, 2.24) is 48.8 Å². The number of halogens is 6. The van der Waals surface area contributed by atoms with Gasteiger partial charge in [0.05, 0.1) is 23.5 Å². The lowest BCUT2D eigenvalue weighted by Crippen LogP contribution is -2.44. The third kappa shape index (κ3) is 13.4. The summed E-state index contributed by atoms with van der Waals surface area (Å²) in [7, 11) is 4.00. The number of nitrogens with one attached hydrogen (secondary N) is 2. The number of nitrogens with zero attached hydrogens (tertiary/aromatic N) is 10. The molecule has 2 saturated heterocycles. The number of aromatic nitrogens is 6. The van der Waals surface area contributed by atoms with Crippen LogP contribution in [0.5, 0.6) is 0 Å². The highest BCUT2D eigenvalue weighted by Gasteiger charge is 2.36. The summed E-state index contributed by atoms with van der Waals surface area (Å²) in [5.41, 5.74) is 5.12. The van der Waals surface area contributed by atoms with Crippen LogP contribution in [0.25, 0.3) is 11.3 Å². The Labute approximate surface area is 446 Å². The Kier molecular flexibility index (Phi) is 16.4. The SMILES string of the molecule is Cc1ccc(C(=O)Nc2ccc(CN3CCN(C)CC3)c(C(F)(F)F)c2)cc1C#Cc1cnc2cccnn12.Cc1ccc(C(=O)Nc2ccc(CN3CCN(C)CC3)c(C(F)(F)F)c2)cc1C#Cc1cnc2cccnn12. The molecule has 20 heteroatoms. The summed E-state index contributed by atoms with van der Waals surface area (Å²) in [5.74, 6) is 11.1. The molecule has 0 atom stereocenters. The van der Waals surface area contributed by atoms with Crippen molar-refractivity contribution in [3.05, 3.63) is 189 Å². The Morgan fingerprint density at radius 2 is 0.923 bits per heavy atom. The number of rotatable bonds is 8. The molecule has 2 aliphatic heterocycles. The van der Waals surface area contributed by atoms with Crippen LogP contribution in [0.15, 0.2) is 122 Å². The molecule has 6 heterocycles. The van der Waals surface area contributed by atoms with E-state index in [1.165, 1.54) is 24.3 Å². The number of piperazine rings is 2. The second-order valence-electron chi connectivity index (χ2n) is 19.2.